The van der Waals surface area contributed by atoms with Crippen LogP contribution in [0.1, 0.15) is 108 Å². The first kappa shape index (κ1) is 44.3. The second-order valence-corrected chi connectivity index (χ2v) is 19.5. The van der Waals surface area contributed by atoms with Crippen molar-refractivity contribution < 1.29 is 9.16 Å². The van der Waals surface area contributed by atoms with Crippen molar-refractivity contribution in [3.8, 4) is 0 Å². The Balaban J connectivity index is 4.66. The molecule has 0 aliphatic heterocycles. The summed E-state index contributed by atoms with van der Waals surface area (Å²) in [7, 11) is 0.258. The first-order chi connectivity index (χ1) is 21.8. The first-order valence-electron chi connectivity index (χ1n) is 17.5. The van der Waals surface area contributed by atoms with Crippen molar-refractivity contribution in [1.82, 2.24) is 0 Å². The molecular weight excluding hydrogens is 589 g/mol. The maximum absolute atomic E-state index is 6.34. The highest BCUT2D eigenvalue weighted by Gasteiger charge is 2.26. The van der Waals surface area contributed by atoms with Gasteiger partial charge in [0.15, 0.2) is 8.32 Å². The van der Waals surface area contributed by atoms with Gasteiger partial charge in [-0.1, -0.05) is 131 Å². The Morgan fingerprint density at radius 3 is 1.53 bits per heavy atom. The van der Waals surface area contributed by atoms with Crippen LogP contribution in [0.4, 0.5) is 0 Å². The molecule has 262 valence electrons. The van der Waals surface area contributed by atoms with Crippen LogP contribution in [-0.2, 0) is 9.16 Å². The maximum atomic E-state index is 6.34. The molecule has 0 saturated heterocycles. The third-order valence-electron chi connectivity index (χ3n) is 7.51. The monoisotopic (exact) mass is 659 g/mol. The molecule has 0 aromatic heterocycles. The SMILES string of the molecule is COC(C)(C)CC=CC(C)=CC=CC(C)=CC=CC(C)=CC=CC=C(C)C=CC=C(C)CCC=C(C)CCCC(C)(C)O[Si](C)(C)C. The van der Waals surface area contributed by atoms with E-state index in [1.165, 1.54) is 39.9 Å². The van der Waals surface area contributed by atoms with Crippen LogP contribution in [0.3, 0.4) is 0 Å². The molecule has 0 spiro atoms. The number of allylic oxidation sites excluding steroid dienone is 21. The summed E-state index contributed by atoms with van der Waals surface area (Å²) in [5, 5.41) is 0. The highest BCUT2D eigenvalue weighted by molar-refractivity contribution is 6.69. The Morgan fingerprint density at radius 2 is 1.04 bits per heavy atom. The summed E-state index contributed by atoms with van der Waals surface area (Å²) < 4.78 is 11.8. The molecule has 2 nitrogen and oxygen atoms in total. The molecule has 0 rings (SSSR count). The van der Waals surface area contributed by atoms with E-state index in [9.17, 15) is 0 Å². The molecule has 0 N–H and O–H groups in total. The zero-order valence-corrected chi connectivity index (χ0v) is 33.8. The Morgan fingerprint density at radius 1 is 0.574 bits per heavy atom. The summed E-state index contributed by atoms with van der Waals surface area (Å²) in [4.78, 5) is 0. The highest BCUT2D eigenvalue weighted by Crippen LogP contribution is 2.24. The van der Waals surface area contributed by atoms with E-state index in [-0.39, 0.29) is 11.2 Å². The molecule has 47 heavy (non-hydrogen) atoms. The van der Waals surface area contributed by atoms with Crippen LogP contribution < -0.4 is 0 Å². The van der Waals surface area contributed by atoms with Gasteiger partial charge < -0.3 is 9.16 Å². The average molecular weight is 659 g/mol. The van der Waals surface area contributed by atoms with E-state index in [1.54, 1.807) is 7.11 Å². The lowest BCUT2D eigenvalue weighted by atomic mass is 9.99. The standard InChI is InChI=1S/C44H70O2Si/c1-37(25-17-27-39(3)29-19-31-41(5)33-21-35-43(7,8)45-11)23-15-16-24-38(2)26-18-28-40(4)30-20-32-42(6)34-22-36-44(9,10)46-47(12,13)14/h15-19,21,23-29,31-33H,20,22,30,34-36H2,1-14H3. The van der Waals surface area contributed by atoms with Crippen LogP contribution in [-0.4, -0.2) is 26.6 Å². The molecule has 0 amide bonds. The second kappa shape index (κ2) is 23.6. The number of hydrogen-bond acceptors (Lipinski definition) is 2. The molecule has 0 heterocycles. The fourth-order valence-corrected chi connectivity index (χ4v) is 6.48. The van der Waals surface area contributed by atoms with E-state index >= 15 is 0 Å². The minimum atomic E-state index is -1.50. The molecule has 0 atom stereocenters. The largest absolute Gasteiger partial charge is 0.413 e. The predicted molar refractivity (Wildman–Crippen MR) is 216 cm³/mol. The normalized spacial score (nSPS) is 16.0. The van der Waals surface area contributed by atoms with E-state index < -0.39 is 8.32 Å². The minimum Gasteiger partial charge on any atom is -0.413 e. The van der Waals surface area contributed by atoms with E-state index in [0.29, 0.717) is 0 Å². The zero-order valence-electron chi connectivity index (χ0n) is 32.8. The van der Waals surface area contributed by atoms with Gasteiger partial charge >= 0.3 is 0 Å². The van der Waals surface area contributed by atoms with Crippen molar-refractivity contribution in [3.05, 3.63) is 131 Å². The van der Waals surface area contributed by atoms with Crippen LogP contribution in [0.25, 0.3) is 0 Å². The van der Waals surface area contributed by atoms with E-state index in [1.807, 2.05) is 0 Å². The Bertz CT molecular complexity index is 1260. The minimum absolute atomic E-state index is 0.0139. The van der Waals surface area contributed by atoms with Crippen molar-refractivity contribution in [2.45, 2.75) is 139 Å². The zero-order chi connectivity index (χ0) is 35.9. The number of methoxy groups -OCH3 is 1. The van der Waals surface area contributed by atoms with Crippen molar-refractivity contribution in [2.24, 2.45) is 0 Å². The van der Waals surface area contributed by atoms with Crippen LogP contribution in [0.5, 0.6) is 0 Å². The quantitative estimate of drug-likeness (QED) is 0.0694. The first-order valence-corrected chi connectivity index (χ1v) is 20.9. The van der Waals surface area contributed by atoms with Gasteiger partial charge in [0, 0.05) is 7.11 Å². The Hall–Kier alpha value is -2.72. The summed E-state index contributed by atoms with van der Waals surface area (Å²) in [6.45, 7) is 28.5. The lowest BCUT2D eigenvalue weighted by molar-refractivity contribution is 0.0255. The van der Waals surface area contributed by atoms with Crippen molar-refractivity contribution >= 4 is 8.32 Å². The second-order valence-electron chi connectivity index (χ2n) is 15.1. The molecule has 0 unspecified atom stereocenters. The van der Waals surface area contributed by atoms with Gasteiger partial charge in [-0.3, -0.25) is 0 Å². The molecule has 0 fully saturated rings. The molecule has 0 bridgehead atoms. The van der Waals surface area contributed by atoms with Gasteiger partial charge in [0.1, 0.15) is 0 Å². The molecule has 0 aliphatic carbocycles. The molecule has 0 saturated carbocycles. The number of ether oxygens (including phenoxy) is 1. The molecular formula is C44H70O2Si. The summed E-state index contributed by atoms with van der Waals surface area (Å²) in [6.07, 6.45) is 41.0. The fraction of sp³-hybridized carbons (Fsp3) is 0.500. The van der Waals surface area contributed by atoms with Gasteiger partial charge in [-0.15, -0.1) is 0 Å². The summed E-state index contributed by atoms with van der Waals surface area (Å²) in [5.41, 5.74) is 7.63. The van der Waals surface area contributed by atoms with Crippen molar-refractivity contribution in [2.75, 3.05) is 7.11 Å². The van der Waals surface area contributed by atoms with Gasteiger partial charge in [0.05, 0.1) is 11.2 Å². The van der Waals surface area contributed by atoms with Crippen molar-refractivity contribution in [1.29, 1.82) is 0 Å². The fourth-order valence-electron chi connectivity index (χ4n) is 4.72. The van der Waals surface area contributed by atoms with Gasteiger partial charge in [-0.05, 0) is 127 Å². The van der Waals surface area contributed by atoms with Crippen molar-refractivity contribution in [3.63, 3.8) is 0 Å². The van der Waals surface area contributed by atoms with Gasteiger partial charge in [0.2, 0.25) is 0 Å². The van der Waals surface area contributed by atoms with Crippen LogP contribution in [0.2, 0.25) is 19.6 Å². The predicted octanol–water partition coefficient (Wildman–Crippen LogP) is 13.8. The van der Waals surface area contributed by atoms with Crippen LogP contribution in [0.15, 0.2) is 131 Å². The third-order valence-corrected chi connectivity index (χ3v) is 8.68. The molecule has 3 heteroatoms. The summed E-state index contributed by atoms with van der Waals surface area (Å²) in [5.74, 6) is 0. The van der Waals surface area contributed by atoms with Crippen LogP contribution >= 0.6 is 0 Å². The highest BCUT2D eigenvalue weighted by atomic mass is 28.4. The Labute approximate surface area is 293 Å². The summed E-state index contributed by atoms with van der Waals surface area (Å²) in [6, 6.07) is 0. The molecule has 0 radical (unpaired) electrons. The van der Waals surface area contributed by atoms with E-state index in [0.717, 1.165) is 32.1 Å². The molecule has 0 aromatic carbocycles. The van der Waals surface area contributed by atoms with E-state index in [4.69, 9.17) is 9.16 Å². The number of hydrogen-bond donors (Lipinski definition) is 0. The van der Waals surface area contributed by atoms with E-state index in [2.05, 4.69) is 186 Å². The smallest absolute Gasteiger partial charge is 0.184 e. The lowest BCUT2D eigenvalue weighted by Gasteiger charge is -2.33. The van der Waals surface area contributed by atoms with Crippen LogP contribution in [0, 0.1) is 0 Å². The number of rotatable bonds is 21. The maximum Gasteiger partial charge on any atom is 0.184 e. The third kappa shape index (κ3) is 28.0. The Kier molecular flexibility index (Phi) is 22.2. The molecule has 0 aromatic rings. The topological polar surface area (TPSA) is 18.5 Å². The van der Waals surface area contributed by atoms with Gasteiger partial charge in [-0.25, -0.2) is 0 Å². The van der Waals surface area contributed by atoms with Gasteiger partial charge in [0.25, 0.3) is 0 Å². The lowest BCUT2D eigenvalue weighted by Crippen LogP contribution is -2.38. The average Bonchev–Trinajstić information content (AvgIpc) is 2.94. The molecule has 0 aliphatic rings. The van der Waals surface area contributed by atoms with Gasteiger partial charge in [-0.2, -0.15) is 0 Å². The summed E-state index contributed by atoms with van der Waals surface area (Å²) >= 11 is 0.